The van der Waals surface area contributed by atoms with E-state index < -0.39 is 42.2 Å². The molecule has 77 heavy (non-hydrogen) atoms. The summed E-state index contributed by atoms with van der Waals surface area (Å²) in [5.41, 5.74) is 4.92. The minimum absolute atomic E-state index is 0.0492. The van der Waals surface area contributed by atoms with Gasteiger partial charge < -0.3 is 41.7 Å². The van der Waals surface area contributed by atoms with E-state index >= 15 is 0 Å². The first-order chi connectivity index (χ1) is 37.4. The summed E-state index contributed by atoms with van der Waals surface area (Å²) in [5.74, 6) is -1.91. The van der Waals surface area contributed by atoms with E-state index in [0.29, 0.717) is 56.6 Å². The lowest BCUT2D eigenvalue weighted by atomic mass is 9.94. The summed E-state index contributed by atoms with van der Waals surface area (Å²) in [6.07, 6.45) is 12.5. The van der Waals surface area contributed by atoms with Crippen molar-refractivity contribution in [1.29, 1.82) is 0 Å². The Balaban J connectivity index is 0.846. The van der Waals surface area contributed by atoms with E-state index in [1.165, 1.54) is 0 Å². The second kappa shape index (κ2) is 24.9. The Hall–Kier alpha value is -7.74. The van der Waals surface area contributed by atoms with Crippen molar-refractivity contribution in [2.75, 3.05) is 20.6 Å². The zero-order chi connectivity index (χ0) is 54.0. The number of likely N-dealkylation sites (N-methyl/N-ethyl adjacent to an activating group) is 2. The first kappa shape index (κ1) is 54.1. The minimum atomic E-state index is -0.701. The summed E-state index contributed by atoms with van der Waals surface area (Å²) in [5, 5.41) is 36.0. The summed E-state index contributed by atoms with van der Waals surface area (Å²) in [6.45, 7) is 6.48. The molecule has 406 valence electrons. The van der Waals surface area contributed by atoms with Crippen LogP contribution in [0, 0.1) is 5.92 Å². The quantitative estimate of drug-likeness (QED) is 0.0648. The minimum Gasteiger partial charge on any atom is -0.384 e. The number of carbonyl (C=O) groups is 6. The van der Waals surface area contributed by atoms with Crippen LogP contribution in [0.25, 0.3) is 0 Å². The highest BCUT2D eigenvalue weighted by atomic mass is 16.2. The van der Waals surface area contributed by atoms with Gasteiger partial charge in [-0.25, -0.2) is 9.36 Å². The molecule has 20 heteroatoms. The van der Waals surface area contributed by atoms with Crippen molar-refractivity contribution >= 4 is 35.4 Å². The van der Waals surface area contributed by atoms with Crippen molar-refractivity contribution in [3.63, 3.8) is 0 Å². The Morgan fingerprint density at radius 1 is 0.623 bits per heavy atom. The third-order valence-electron chi connectivity index (χ3n) is 15.9. The number of hydrogen-bond acceptors (Lipinski definition) is 12. The van der Waals surface area contributed by atoms with Gasteiger partial charge in [-0.05, 0) is 87.6 Å². The normalized spacial score (nSPS) is 22.7. The van der Waals surface area contributed by atoms with E-state index in [1.54, 1.807) is 40.2 Å². The number of fused-ring (bicyclic) bond motifs is 2. The van der Waals surface area contributed by atoms with Crippen LogP contribution in [0.4, 0.5) is 0 Å². The Kier molecular flexibility index (Phi) is 17.5. The number of carbonyl (C=O) groups excluding carboxylic acids is 6. The van der Waals surface area contributed by atoms with Gasteiger partial charge in [-0.15, -0.1) is 10.2 Å². The number of nitrogens with one attached hydrogen (secondary N) is 6. The van der Waals surface area contributed by atoms with E-state index in [4.69, 9.17) is 0 Å². The number of amides is 6. The highest BCUT2D eigenvalue weighted by Gasteiger charge is 2.46. The monoisotopic (exact) mass is 1050 g/mol. The molecular formula is C57H72N14O6. The predicted octanol–water partition coefficient (Wildman–Crippen LogP) is 3.80. The van der Waals surface area contributed by atoms with Crippen LogP contribution < -0.4 is 31.9 Å². The molecule has 0 saturated carbocycles. The second-order valence-electron chi connectivity index (χ2n) is 21.0. The first-order valence-corrected chi connectivity index (χ1v) is 27.2. The van der Waals surface area contributed by atoms with E-state index in [9.17, 15) is 28.8 Å². The van der Waals surface area contributed by atoms with Gasteiger partial charge in [-0.1, -0.05) is 128 Å². The summed E-state index contributed by atoms with van der Waals surface area (Å²) < 4.78 is 3.47. The highest BCUT2D eigenvalue weighted by Crippen LogP contribution is 2.35. The molecule has 0 spiro atoms. The third-order valence-corrected chi connectivity index (χ3v) is 15.9. The van der Waals surface area contributed by atoms with Gasteiger partial charge in [-0.3, -0.25) is 28.8 Å². The Morgan fingerprint density at radius 3 is 1.60 bits per heavy atom. The van der Waals surface area contributed by atoms with Crippen molar-refractivity contribution in [3.05, 3.63) is 143 Å². The average molecular weight is 1050 g/mol. The van der Waals surface area contributed by atoms with E-state index in [-0.39, 0.29) is 59.8 Å². The molecule has 0 radical (unpaired) electrons. The molecule has 6 N–H and O–H groups in total. The first-order valence-electron chi connectivity index (χ1n) is 27.2. The van der Waals surface area contributed by atoms with Gasteiger partial charge in [0.1, 0.15) is 29.5 Å². The second-order valence-corrected chi connectivity index (χ2v) is 21.0. The molecule has 20 nitrogen and oxygen atoms in total. The summed E-state index contributed by atoms with van der Waals surface area (Å²) >= 11 is 0. The molecule has 5 aromatic rings. The summed E-state index contributed by atoms with van der Waals surface area (Å²) in [4.78, 5) is 86.0. The number of nitrogens with zero attached hydrogens (tertiary/aromatic N) is 8. The fourth-order valence-electron chi connectivity index (χ4n) is 11.4. The zero-order valence-electron chi connectivity index (χ0n) is 44.3. The lowest BCUT2D eigenvalue weighted by Gasteiger charge is -2.36. The number of hydrogen-bond donors (Lipinski definition) is 6. The van der Waals surface area contributed by atoms with Crippen molar-refractivity contribution in [1.82, 2.24) is 71.7 Å². The Labute approximate surface area is 449 Å². The van der Waals surface area contributed by atoms with Crippen LogP contribution in [0.1, 0.15) is 130 Å². The largest absolute Gasteiger partial charge is 0.384 e. The van der Waals surface area contributed by atoms with Gasteiger partial charge >= 0.3 is 0 Å². The molecule has 2 aromatic heterocycles. The third kappa shape index (κ3) is 12.8. The maximum atomic E-state index is 14.4. The van der Waals surface area contributed by atoms with Crippen LogP contribution in [-0.4, -0.2) is 132 Å². The van der Waals surface area contributed by atoms with Gasteiger partial charge in [0.15, 0.2) is 0 Å². The smallest absolute Gasteiger partial charge is 0.266 e. The Morgan fingerprint density at radius 2 is 1.10 bits per heavy atom. The standard InChI is InChI=1S/C57H72N14O6/c1-36(58-3)52(72)60-31-42-19-11-12-20-43-27-29-48(70(43)56(42)76)54(74)62-50(40-15-7-5-8-16-40)46-34-68(66-64-46)32-38-23-25-39(26-24-38)33-69-35-47(65-67-69)51(41-17-9-6-10-18-41)63-55(75)49-30-28-44-21-13-14-22-45(57(77)71(44)49)61-53(73)37(2)59-4/h5-10,15-18,23-26,34-35,37,42-45,48-51,58-59H,1,11-14,19-22,27-33H2,2-4H3,(H,60,72)(H,61,73)(H,62,74)(H,63,75)/t37-,42+,43-,44-,45-,48-,49-,50-,51-/m0/s1. The molecular weight excluding hydrogens is 977 g/mol. The fraction of sp³-hybridized carbons (Fsp3) is 0.474. The van der Waals surface area contributed by atoms with Crippen LogP contribution in [-0.2, 0) is 41.9 Å². The van der Waals surface area contributed by atoms with Gasteiger partial charge in [0.2, 0.25) is 29.5 Å². The molecule has 4 aliphatic heterocycles. The van der Waals surface area contributed by atoms with Crippen LogP contribution >= 0.6 is 0 Å². The van der Waals surface area contributed by atoms with Crippen molar-refractivity contribution < 1.29 is 28.8 Å². The fourth-order valence-corrected chi connectivity index (χ4v) is 11.4. The van der Waals surface area contributed by atoms with E-state index in [1.807, 2.05) is 97.3 Å². The van der Waals surface area contributed by atoms with E-state index in [2.05, 4.69) is 59.1 Å². The molecule has 6 heterocycles. The van der Waals surface area contributed by atoms with Crippen molar-refractivity contribution in [2.24, 2.45) is 5.92 Å². The molecule has 4 fully saturated rings. The highest BCUT2D eigenvalue weighted by molar-refractivity contribution is 5.95. The molecule has 3 aromatic carbocycles. The lowest BCUT2D eigenvalue weighted by molar-refractivity contribution is -0.144. The van der Waals surface area contributed by atoms with Gasteiger partial charge in [0.05, 0.1) is 55.2 Å². The van der Waals surface area contributed by atoms with Crippen LogP contribution in [0.5, 0.6) is 0 Å². The predicted molar refractivity (Wildman–Crippen MR) is 287 cm³/mol. The molecule has 6 amide bonds. The molecule has 0 unspecified atom stereocenters. The molecule has 0 bridgehead atoms. The Bertz CT molecular complexity index is 2870. The topological polar surface area (TPSA) is 242 Å². The zero-order valence-corrected chi connectivity index (χ0v) is 44.3. The lowest BCUT2D eigenvalue weighted by Crippen LogP contribution is -2.58. The summed E-state index contributed by atoms with van der Waals surface area (Å²) in [7, 11) is 3.33. The molecule has 0 aliphatic carbocycles. The molecule has 9 atom stereocenters. The SMILES string of the molecule is C=C(NC)C(=O)NC[C@H]1CCCC[C@H]2CC[C@@H](C(=O)N[C@@H](c3ccccc3)c3cn(Cc4ccc(Cn5cc([C@@H](NC(=O)[C@@H]6CC[C@@H]7CCCC[C@H](NC(=O)[C@H](C)NC)C(=O)N76)c6ccccc6)nn5)cc4)nn3)N2C1=O. The maximum absolute atomic E-state index is 14.4. The van der Waals surface area contributed by atoms with Crippen LogP contribution in [0.2, 0.25) is 0 Å². The molecule has 9 rings (SSSR count). The van der Waals surface area contributed by atoms with E-state index in [0.717, 1.165) is 67.2 Å². The number of benzene rings is 3. The molecule has 4 aliphatic rings. The van der Waals surface area contributed by atoms with Gasteiger partial charge in [0.25, 0.3) is 5.91 Å². The maximum Gasteiger partial charge on any atom is 0.266 e. The number of rotatable bonds is 19. The average Bonchev–Trinajstić information content (AvgIpc) is 4.29. The van der Waals surface area contributed by atoms with Crippen LogP contribution in [0.3, 0.4) is 0 Å². The van der Waals surface area contributed by atoms with Crippen molar-refractivity contribution in [2.45, 2.75) is 145 Å². The van der Waals surface area contributed by atoms with Gasteiger partial charge in [-0.2, -0.15) is 0 Å². The van der Waals surface area contributed by atoms with Gasteiger partial charge in [0, 0.05) is 25.7 Å². The van der Waals surface area contributed by atoms with Crippen LogP contribution in [0.15, 0.2) is 110 Å². The van der Waals surface area contributed by atoms with Crippen molar-refractivity contribution in [3.8, 4) is 0 Å². The molecule has 4 saturated heterocycles. The number of aromatic nitrogens is 6. The summed E-state index contributed by atoms with van der Waals surface area (Å²) in [6, 6.07) is 23.4.